The van der Waals surface area contributed by atoms with Gasteiger partial charge in [0.05, 0.1) is 0 Å². The second-order valence-electron chi connectivity index (χ2n) is 5.28. The van der Waals surface area contributed by atoms with Crippen molar-refractivity contribution in [2.45, 2.75) is 46.2 Å². The zero-order chi connectivity index (χ0) is 13.7. The van der Waals surface area contributed by atoms with Crippen LogP contribution >= 0.6 is 0 Å². The van der Waals surface area contributed by atoms with Gasteiger partial charge in [-0.2, -0.15) is 0 Å². The predicted octanol–water partition coefficient (Wildman–Crippen LogP) is 3.11. The summed E-state index contributed by atoms with van der Waals surface area (Å²) in [6.07, 6.45) is 2.72. The van der Waals surface area contributed by atoms with Gasteiger partial charge in [-0.15, -0.1) is 0 Å². The van der Waals surface area contributed by atoms with Gasteiger partial charge in [-0.25, -0.2) is 0 Å². The van der Waals surface area contributed by atoms with Crippen molar-refractivity contribution in [3.05, 3.63) is 34.9 Å². The molecule has 102 valence electrons. The van der Waals surface area contributed by atoms with E-state index in [9.17, 15) is 4.21 Å². The first-order valence-electron chi connectivity index (χ1n) is 6.52. The molecule has 0 bridgehead atoms. The average molecular weight is 267 g/mol. The summed E-state index contributed by atoms with van der Waals surface area (Å²) in [5, 5.41) is 3.57. The first kappa shape index (κ1) is 15.4. The molecule has 1 rings (SSSR count). The van der Waals surface area contributed by atoms with E-state index in [1.807, 2.05) is 0 Å². The van der Waals surface area contributed by atoms with Crippen molar-refractivity contribution in [2.24, 2.45) is 0 Å². The maximum Gasteiger partial charge on any atom is 0.0294 e. The third-order valence-corrected chi connectivity index (χ3v) is 3.93. The van der Waals surface area contributed by atoms with Crippen molar-refractivity contribution in [3.8, 4) is 0 Å². The Bertz CT molecular complexity index is 397. The molecule has 1 N–H and O–H groups in total. The van der Waals surface area contributed by atoms with Crippen LogP contribution in [0.5, 0.6) is 0 Å². The molecule has 0 aliphatic rings. The molecule has 0 radical (unpaired) electrons. The van der Waals surface area contributed by atoms with Crippen LogP contribution in [-0.4, -0.2) is 22.3 Å². The molecule has 0 aliphatic carbocycles. The third-order valence-electron chi connectivity index (χ3n) is 3.12. The number of rotatable bonds is 6. The smallest absolute Gasteiger partial charge is 0.0294 e. The van der Waals surface area contributed by atoms with Gasteiger partial charge in [0.25, 0.3) is 0 Å². The normalized spacial score (nSPS) is 16.3. The minimum absolute atomic E-state index is 0.337. The molecule has 0 fully saturated rings. The minimum atomic E-state index is -0.693. The van der Waals surface area contributed by atoms with E-state index in [1.54, 1.807) is 6.26 Å². The van der Waals surface area contributed by atoms with Gasteiger partial charge in [-0.1, -0.05) is 29.3 Å². The monoisotopic (exact) mass is 267 g/mol. The Balaban J connectivity index is 2.58. The Labute approximate surface area is 114 Å². The summed E-state index contributed by atoms with van der Waals surface area (Å²) in [4.78, 5) is 0. The van der Waals surface area contributed by atoms with E-state index in [1.165, 1.54) is 16.7 Å². The van der Waals surface area contributed by atoms with E-state index in [-0.39, 0.29) is 0 Å². The second-order valence-corrected chi connectivity index (χ2v) is 6.83. The number of nitrogens with one attached hydrogen (secondary N) is 1. The molecule has 1 aromatic rings. The van der Waals surface area contributed by atoms with Gasteiger partial charge in [0, 0.05) is 34.9 Å². The van der Waals surface area contributed by atoms with Crippen LogP contribution in [0, 0.1) is 13.8 Å². The first-order valence-corrected chi connectivity index (χ1v) is 8.25. The van der Waals surface area contributed by atoms with Gasteiger partial charge in [-0.05, 0) is 39.7 Å². The molecule has 0 saturated heterocycles. The fourth-order valence-corrected chi connectivity index (χ4v) is 2.89. The summed E-state index contributed by atoms with van der Waals surface area (Å²) in [7, 11) is -0.693. The molecule has 3 heteroatoms. The van der Waals surface area contributed by atoms with Gasteiger partial charge in [0.2, 0.25) is 0 Å². The standard InChI is InChI=1S/C15H25NOS/c1-11-8-12(2)10-15(9-11)14(4)16-13(3)6-7-18(5)17/h8-10,13-14,16H,6-7H2,1-5H3. The molecule has 0 saturated carbocycles. The number of hydrogen-bond donors (Lipinski definition) is 1. The van der Waals surface area contributed by atoms with Gasteiger partial charge >= 0.3 is 0 Å². The molecule has 0 aromatic heterocycles. The fraction of sp³-hybridized carbons (Fsp3) is 0.600. The van der Waals surface area contributed by atoms with E-state index in [2.05, 4.69) is 51.2 Å². The molecular formula is C15H25NOS. The molecule has 0 spiro atoms. The van der Waals surface area contributed by atoms with E-state index < -0.39 is 10.8 Å². The van der Waals surface area contributed by atoms with Crippen molar-refractivity contribution in [2.75, 3.05) is 12.0 Å². The quantitative estimate of drug-likeness (QED) is 0.858. The Kier molecular flexibility index (Phi) is 6.03. The molecule has 18 heavy (non-hydrogen) atoms. The number of aryl methyl sites for hydroxylation is 2. The van der Waals surface area contributed by atoms with Crippen LogP contribution < -0.4 is 5.32 Å². The summed E-state index contributed by atoms with van der Waals surface area (Å²) < 4.78 is 11.1. The maximum absolute atomic E-state index is 11.1. The number of benzene rings is 1. The van der Waals surface area contributed by atoms with Crippen molar-refractivity contribution in [1.29, 1.82) is 0 Å². The summed E-state index contributed by atoms with van der Waals surface area (Å²) in [6.45, 7) is 8.61. The van der Waals surface area contributed by atoms with Crippen LogP contribution in [0.4, 0.5) is 0 Å². The Morgan fingerprint density at radius 2 is 1.72 bits per heavy atom. The van der Waals surface area contributed by atoms with Crippen LogP contribution in [0.25, 0.3) is 0 Å². The Morgan fingerprint density at radius 3 is 2.22 bits per heavy atom. The SMILES string of the molecule is Cc1cc(C)cc(C(C)NC(C)CCS(C)=O)c1. The number of hydrogen-bond acceptors (Lipinski definition) is 2. The zero-order valence-corrected chi connectivity index (χ0v) is 12.9. The molecule has 0 heterocycles. The van der Waals surface area contributed by atoms with Crippen molar-refractivity contribution in [3.63, 3.8) is 0 Å². The maximum atomic E-state index is 11.1. The lowest BCUT2D eigenvalue weighted by Gasteiger charge is -2.21. The molecule has 3 unspecified atom stereocenters. The minimum Gasteiger partial charge on any atom is -0.308 e. The Morgan fingerprint density at radius 1 is 1.17 bits per heavy atom. The van der Waals surface area contributed by atoms with Crippen LogP contribution in [0.1, 0.15) is 43.0 Å². The Hall–Kier alpha value is -0.670. The second kappa shape index (κ2) is 7.05. The highest BCUT2D eigenvalue weighted by atomic mass is 32.2. The molecule has 1 aromatic carbocycles. The highest BCUT2D eigenvalue weighted by Gasteiger charge is 2.10. The third kappa shape index (κ3) is 5.32. The van der Waals surface area contributed by atoms with Crippen molar-refractivity contribution >= 4 is 10.8 Å². The van der Waals surface area contributed by atoms with Crippen LogP contribution in [-0.2, 0) is 10.8 Å². The summed E-state index contributed by atoms with van der Waals surface area (Å²) in [6, 6.07) is 7.39. The highest BCUT2D eigenvalue weighted by molar-refractivity contribution is 7.84. The highest BCUT2D eigenvalue weighted by Crippen LogP contribution is 2.17. The zero-order valence-electron chi connectivity index (χ0n) is 12.1. The largest absolute Gasteiger partial charge is 0.308 e. The van der Waals surface area contributed by atoms with E-state index in [0.29, 0.717) is 12.1 Å². The predicted molar refractivity (Wildman–Crippen MR) is 80.5 cm³/mol. The lowest BCUT2D eigenvalue weighted by Crippen LogP contribution is -2.30. The van der Waals surface area contributed by atoms with E-state index in [0.717, 1.165) is 12.2 Å². The summed E-state index contributed by atoms with van der Waals surface area (Å²) in [5.74, 6) is 0.772. The molecular weight excluding hydrogens is 242 g/mol. The van der Waals surface area contributed by atoms with Crippen molar-refractivity contribution in [1.82, 2.24) is 5.32 Å². The molecule has 2 nitrogen and oxygen atoms in total. The van der Waals surface area contributed by atoms with Crippen LogP contribution in [0.3, 0.4) is 0 Å². The summed E-state index contributed by atoms with van der Waals surface area (Å²) in [5.41, 5.74) is 3.94. The summed E-state index contributed by atoms with van der Waals surface area (Å²) >= 11 is 0. The lowest BCUT2D eigenvalue weighted by atomic mass is 10.0. The average Bonchev–Trinajstić information content (AvgIpc) is 2.25. The van der Waals surface area contributed by atoms with Gasteiger partial charge < -0.3 is 5.32 Å². The van der Waals surface area contributed by atoms with Gasteiger partial charge in [0.1, 0.15) is 0 Å². The van der Waals surface area contributed by atoms with Crippen LogP contribution in [0.15, 0.2) is 18.2 Å². The van der Waals surface area contributed by atoms with Gasteiger partial charge in [-0.3, -0.25) is 4.21 Å². The molecule has 0 amide bonds. The topological polar surface area (TPSA) is 29.1 Å². The lowest BCUT2D eigenvalue weighted by molar-refractivity contribution is 0.470. The van der Waals surface area contributed by atoms with Crippen LogP contribution in [0.2, 0.25) is 0 Å². The first-order chi connectivity index (χ1) is 8.38. The van der Waals surface area contributed by atoms with E-state index >= 15 is 0 Å². The molecule has 0 aliphatic heterocycles. The fourth-order valence-electron chi connectivity index (χ4n) is 2.21. The van der Waals surface area contributed by atoms with Crippen molar-refractivity contribution < 1.29 is 4.21 Å². The van der Waals surface area contributed by atoms with Gasteiger partial charge in [0.15, 0.2) is 0 Å². The molecule has 3 atom stereocenters. The van der Waals surface area contributed by atoms with E-state index in [4.69, 9.17) is 0 Å².